The van der Waals surface area contributed by atoms with Gasteiger partial charge in [-0.2, -0.15) is 0 Å². The van der Waals surface area contributed by atoms with E-state index in [1.54, 1.807) is 5.38 Å². The Balaban J connectivity index is 1.76. The zero-order chi connectivity index (χ0) is 15.5. The molecule has 2 aromatic rings. The zero-order valence-electron chi connectivity index (χ0n) is 12.2. The minimum atomic E-state index is -0.449. The Hall–Kier alpha value is -2.21. The maximum Gasteiger partial charge on any atom is 0.357 e. The van der Waals surface area contributed by atoms with Crippen LogP contribution in [0.5, 0.6) is 0 Å². The number of hydrogen-bond acceptors (Lipinski definition) is 5. The number of ether oxygens (including phenoxy) is 1. The van der Waals surface area contributed by atoms with Crippen molar-refractivity contribution in [3.8, 4) is 0 Å². The Morgan fingerprint density at radius 3 is 2.68 bits per heavy atom. The van der Waals surface area contributed by atoms with Crippen LogP contribution in [0.3, 0.4) is 0 Å². The number of carbonyl (C=O) groups excluding carboxylic acids is 2. The second-order valence-electron chi connectivity index (χ2n) is 5.15. The summed E-state index contributed by atoms with van der Waals surface area (Å²) in [5.41, 5.74) is 0.976. The number of hydrogen-bond donors (Lipinski definition) is 0. The lowest BCUT2D eigenvalue weighted by Crippen LogP contribution is -2.32. The van der Waals surface area contributed by atoms with Gasteiger partial charge in [-0.25, -0.2) is 9.78 Å². The molecular weight excluding hydrogens is 300 g/mol. The first-order chi connectivity index (χ1) is 10.7. The maximum atomic E-state index is 12.6. The number of esters is 1. The predicted molar refractivity (Wildman–Crippen MR) is 82.8 cm³/mol. The summed E-state index contributed by atoms with van der Waals surface area (Å²) < 4.78 is 4.66. The van der Waals surface area contributed by atoms with Crippen molar-refractivity contribution >= 4 is 23.2 Å². The molecule has 6 heteroatoms. The molecule has 1 aromatic carbocycles. The highest BCUT2D eigenvalue weighted by atomic mass is 32.1. The second-order valence-corrected chi connectivity index (χ2v) is 6.09. The Bertz CT molecular complexity index is 680. The Labute approximate surface area is 132 Å². The van der Waals surface area contributed by atoms with Crippen molar-refractivity contribution in [1.82, 2.24) is 9.88 Å². The topological polar surface area (TPSA) is 59.5 Å². The number of nitrogens with zero attached hydrogens (tertiary/aromatic N) is 2. The monoisotopic (exact) mass is 316 g/mol. The van der Waals surface area contributed by atoms with E-state index in [-0.39, 0.29) is 11.9 Å². The number of aromatic nitrogens is 1. The zero-order valence-corrected chi connectivity index (χ0v) is 13.0. The Morgan fingerprint density at radius 1 is 1.32 bits per heavy atom. The number of amides is 1. The van der Waals surface area contributed by atoms with E-state index < -0.39 is 5.97 Å². The summed E-state index contributed by atoms with van der Waals surface area (Å²) in [5.74, 6) is -0.437. The standard InChI is InChI=1S/C16H16N2O3S/c1-21-16(20)13-10-22-14(17-13)9-18(12-7-8-12)15(19)11-5-3-2-4-6-11/h2-6,10,12H,7-9H2,1H3. The van der Waals surface area contributed by atoms with Crippen molar-refractivity contribution in [2.24, 2.45) is 0 Å². The fraction of sp³-hybridized carbons (Fsp3) is 0.312. The van der Waals surface area contributed by atoms with Crippen LogP contribution in [0, 0.1) is 0 Å². The van der Waals surface area contributed by atoms with E-state index in [1.165, 1.54) is 18.4 Å². The molecule has 1 fully saturated rings. The quantitative estimate of drug-likeness (QED) is 0.796. The smallest absolute Gasteiger partial charge is 0.357 e. The Morgan fingerprint density at radius 2 is 2.05 bits per heavy atom. The molecule has 0 radical (unpaired) electrons. The molecule has 114 valence electrons. The van der Waals surface area contributed by atoms with Crippen LogP contribution in [-0.4, -0.2) is 34.9 Å². The lowest BCUT2D eigenvalue weighted by atomic mass is 10.2. The molecular formula is C16H16N2O3S. The highest BCUT2D eigenvalue weighted by molar-refractivity contribution is 7.09. The molecule has 5 nitrogen and oxygen atoms in total. The summed E-state index contributed by atoms with van der Waals surface area (Å²) in [6.45, 7) is 0.431. The lowest BCUT2D eigenvalue weighted by molar-refractivity contribution is 0.0594. The molecule has 1 heterocycles. The molecule has 0 unspecified atom stereocenters. The highest BCUT2D eigenvalue weighted by Crippen LogP contribution is 2.30. The van der Waals surface area contributed by atoms with Crippen molar-refractivity contribution in [3.05, 3.63) is 52.0 Å². The van der Waals surface area contributed by atoms with Gasteiger partial charge in [0, 0.05) is 17.0 Å². The summed E-state index contributed by atoms with van der Waals surface area (Å²) in [5, 5.41) is 2.41. The highest BCUT2D eigenvalue weighted by Gasteiger charge is 2.33. The van der Waals surface area contributed by atoms with Crippen LogP contribution in [0.4, 0.5) is 0 Å². The van der Waals surface area contributed by atoms with Gasteiger partial charge < -0.3 is 9.64 Å². The molecule has 1 aliphatic rings. The van der Waals surface area contributed by atoms with Crippen molar-refractivity contribution in [3.63, 3.8) is 0 Å². The number of carbonyl (C=O) groups is 2. The summed E-state index contributed by atoms with van der Waals surface area (Å²) >= 11 is 1.37. The summed E-state index contributed by atoms with van der Waals surface area (Å²) in [4.78, 5) is 30.2. The molecule has 0 aliphatic heterocycles. The van der Waals surface area contributed by atoms with E-state index in [2.05, 4.69) is 9.72 Å². The average molecular weight is 316 g/mol. The normalized spacial score (nSPS) is 13.7. The maximum absolute atomic E-state index is 12.6. The number of methoxy groups -OCH3 is 1. The molecule has 0 spiro atoms. The molecule has 0 bridgehead atoms. The molecule has 3 rings (SSSR count). The lowest BCUT2D eigenvalue weighted by Gasteiger charge is -2.21. The number of benzene rings is 1. The van der Waals surface area contributed by atoms with E-state index >= 15 is 0 Å². The SMILES string of the molecule is COC(=O)c1csc(CN(C(=O)c2ccccc2)C2CC2)n1. The van der Waals surface area contributed by atoms with E-state index in [0.29, 0.717) is 17.8 Å². The van der Waals surface area contributed by atoms with Gasteiger partial charge in [0.1, 0.15) is 5.01 Å². The van der Waals surface area contributed by atoms with Crippen molar-refractivity contribution < 1.29 is 14.3 Å². The van der Waals surface area contributed by atoms with E-state index in [4.69, 9.17) is 0 Å². The average Bonchev–Trinajstić information content (AvgIpc) is 3.30. The number of rotatable bonds is 5. The fourth-order valence-corrected chi connectivity index (χ4v) is 2.99. The van der Waals surface area contributed by atoms with Crippen LogP contribution in [0.15, 0.2) is 35.7 Å². The fourth-order valence-electron chi connectivity index (χ4n) is 2.23. The van der Waals surface area contributed by atoms with Crippen LogP contribution >= 0.6 is 11.3 Å². The third-order valence-electron chi connectivity index (χ3n) is 3.52. The first-order valence-corrected chi connectivity index (χ1v) is 7.95. The molecule has 0 saturated heterocycles. The van der Waals surface area contributed by atoms with Crippen molar-refractivity contribution in [2.45, 2.75) is 25.4 Å². The third kappa shape index (κ3) is 3.17. The second kappa shape index (κ2) is 6.27. The van der Waals surface area contributed by atoms with Crippen LogP contribution in [0.2, 0.25) is 0 Å². The minimum absolute atomic E-state index is 0.0120. The van der Waals surface area contributed by atoms with Gasteiger partial charge in [0.25, 0.3) is 5.91 Å². The van der Waals surface area contributed by atoms with Gasteiger partial charge in [0.2, 0.25) is 0 Å². The molecule has 0 atom stereocenters. The van der Waals surface area contributed by atoms with Crippen LogP contribution in [0.1, 0.15) is 38.7 Å². The van der Waals surface area contributed by atoms with E-state index in [1.807, 2.05) is 35.2 Å². The minimum Gasteiger partial charge on any atom is -0.464 e. The summed E-state index contributed by atoms with van der Waals surface area (Å²) in [6, 6.07) is 9.52. The molecule has 0 N–H and O–H groups in total. The van der Waals surface area contributed by atoms with Crippen LogP contribution in [0.25, 0.3) is 0 Å². The van der Waals surface area contributed by atoms with Gasteiger partial charge in [-0.1, -0.05) is 18.2 Å². The molecule has 1 amide bonds. The number of thiazole rings is 1. The van der Waals surface area contributed by atoms with Crippen LogP contribution < -0.4 is 0 Å². The Kier molecular flexibility index (Phi) is 4.20. The molecule has 1 saturated carbocycles. The largest absolute Gasteiger partial charge is 0.464 e. The van der Waals surface area contributed by atoms with Gasteiger partial charge in [-0.05, 0) is 25.0 Å². The summed E-state index contributed by atoms with van der Waals surface area (Å²) in [7, 11) is 1.33. The van der Waals surface area contributed by atoms with Crippen molar-refractivity contribution in [1.29, 1.82) is 0 Å². The van der Waals surface area contributed by atoms with Gasteiger partial charge in [0.05, 0.1) is 13.7 Å². The van der Waals surface area contributed by atoms with Gasteiger partial charge in [0.15, 0.2) is 5.69 Å². The predicted octanol–water partition coefficient (Wildman–Crippen LogP) is 2.73. The van der Waals surface area contributed by atoms with Gasteiger partial charge in [-0.15, -0.1) is 11.3 Å². The molecule has 1 aromatic heterocycles. The van der Waals surface area contributed by atoms with Crippen LogP contribution in [-0.2, 0) is 11.3 Å². The van der Waals surface area contributed by atoms with Gasteiger partial charge in [-0.3, -0.25) is 4.79 Å². The molecule has 22 heavy (non-hydrogen) atoms. The van der Waals surface area contributed by atoms with Crippen molar-refractivity contribution in [2.75, 3.05) is 7.11 Å². The first kappa shape index (κ1) is 14.7. The molecule has 1 aliphatic carbocycles. The van der Waals surface area contributed by atoms with E-state index in [9.17, 15) is 9.59 Å². The summed E-state index contributed by atoms with van der Waals surface area (Å²) in [6.07, 6.45) is 2.04. The first-order valence-electron chi connectivity index (χ1n) is 7.08. The van der Waals surface area contributed by atoms with E-state index in [0.717, 1.165) is 17.8 Å². The third-order valence-corrected chi connectivity index (χ3v) is 4.35. The van der Waals surface area contributed by atoms with Gasteiger partial charge >= 0.3 is 5.97 Å².